The van der Waals surface area contributed by atoms with Crippen molar-refractivity contribution < 1.29 is 23.9 Å². The summed E-state index contributed by atoms with van der Waals surface area (Å²) >= 11 is 1.61. The maximum atomic E-state index is 14.3. The Labute approximate surface area is 272 Å². The first-order valence-corrected chi connectivity index (χ1v) is 19.5. The zero-order chi connectivity index (χ0) is 33.1. The van der Waals surface area contributed by atoms with Crippen molar-refractivity contribution in [3.8, 4) is 16.2 Å². The lowest BCUT2D eigenvalue weighted by atomic mass is 10.0. The molecule has 2 amide bonds. The Kier molecular flexibility index (Phi) is 10.9. The van der Waals surface area contributed by atoms with E-state index in [2.05, 4.69) is 61.4 Å². The van der Waals surface area contributed by atoms with Crippen molar-refractivity contribution >= 4 is 31.5 Å². The Morgan fingerprint density at radius 2 is 1.87 bits per heavy atom. The minimum atomic E-state index is -2.17. The van der Waals surface area contributed by atoms with E-state index >= 15 is 0 Å². The molecule has 0 saturated carbocycles. The number of rotatable bonds is 12. The van der Waals surface area contributed by atoms with E-state index in [0.29, 0.717) is 18.7 Å². The second kappa shape index (κ2) is 14.1. The van der Waals surface area contributed by atoms with Gasteiger partial charge in [-0.1, -0.05) is 58.9 Å². The molecular weight excluding hydrogens is 607 g/mol. The Morgan fingerprint density at radius 1 is 1.18 bits per heavy atom. The largest absolute Gasteiger partial charge is 0.488 e. The van der Waals surface area contributed by atoms with Crippen LogP contribution < -0.4 is 10.1 Å². The van der Waals surface area contributed by atoms with Crippen molar-refractivity contribution in [2.75, 3.05) is 19.8 Å². The van der Waals surface area contributed by atoms with E-state index in [0.717, 1.165) is 21.7 Å². The molecule has 3 heterocycles. The van der Waals surface area contributed by atoms with Crippen molar-refractivity contribution in [2.24, 2.45) is 5.92 Å². The number of aliphatic hydroxyl groups is 1. The number of carbonyl (C=O) groups excluding carboxylic acids is 2. The van der Waals surface area contributed by atoms with Gasteiger partial charge in [-0.2, -0.15) is 5.10 Å². The van der Waals surface area contributed by atoms with Crippen LogP contribution in [0.5, 0.6) is 5.75 Å². The number of hydrogen-bond donors (Lipinski definition) is 2. The number of benzene rings is 1. The van der Waals surface area contributed by atoms with Crippen LogP contribution in [0.4, 0.5) is 0 Å². The molecule has 1 aromatic carbocycles. The second-order valence-corrected chi connectivity index (χ2v) is 19.4. The molecule has 1 aliphatic rings. The lowest BCUT2D eigenvalue weighted by Gasteiger charge is -2.38. The van der Waals surface area contributed by atoms with Gasteiger partial charge in [0.2, 0.25) is 11.8 Å². The van der Waals surface area contributed by atoms with Crippen LogP contribution in [0.25, 0.3) is 10.4 Å². The molecule has 0 unspecified atom stereocenters. The maximum Gasteiger partial charge on any atom is 0.248 e. The van der Waals surface area contributed by atoms with Crippen LogP contribution in [0.1, 0.15) is 71.3 Å². The average molecular weight is 656 g/mol. The van der Waals surface area contributed by atoms with Gasteiger partial charge in [0.25, 0.3) is 0 Å². The van der Waals surface area contributed by atoms with Gasteiger partial charge in [0, 0.05) is 13.0 Å². The van der Waals surface area contributed by atoms with Crippen LogP contribution in [-0.2, 0) is 14.0 Å². The SMILES string of the molecule is Cc1ncsc1-c1ccc([C@H](C)NC(=O)[C@@H]2C[C@@H](O[Si](C)(C)C(C)(C)C)CN2C(=O)[C@H](C(C)C)n2cc(OCCO)cn2)cc1. The van der Waals surface area contributed by atoms with Gasteiger partial charge >= 0.3 is 0 Å². The summed E-state index contributed by atoms with van der Waals surface area (Å²) in [4.78, 5) is 35.5. The molecular formula is C33H49N5O5SSi. The van der Waals surface area contributed by atoms with Crippen LogP contribution in [-0.4, -0.2) is 76.8 Å². The van der Waals surface area contributed by atoms with Crippen LogP contribution in [0.3, 0.4) is 0 Å². The Hall–Kier alpha value is -3.06. The number of ether oxygens (including phenoxy) is 1. The fraction of sp³-hybridized carbons (Fsp3) is 0.576. The first-order valence-electron chi connectivity index (χ1n) is 15.7. The summed E-state index contributed by atoms with van der Waals surface area (Å²) in [7, 11) is -2.17. The summed E-state index contributed by atoms with van der Waals surface area (Å²) in [6.07, 6.45) is 3.39. The van der Waals surface area contributed by atoms with Crippen LogP contribution in [0.15, 0.2) is 42.2 Å². The predicted octanol–water partition coefficient (Wildman–Crippen LogP) is 5.75. The van der Waals surface area contributed by atoms with E-state index in [1.807, 2.05) is 45.3 Å². The highest BCUT2D eigenvalue weighted by molar-refractivity contribution is 7.13. The molecule has 3 aromatic rings. The summed E-state index contributed by atoms with van der Waals surface area (Å²) in [5.74, 6) is -0.01000. The number of aryl methyl sites for hydroxylation is 1. The third kappa shape index (κ3) is 8.03. The van der Waals surface area contributed by atoms with Crippen LogP contribution in [0, 0.1) is 12.8 Å². The van der Waals surface area contributed by atoms with Crippen molar-refractivity contribution in [2.45, 2.75) is 97.2 Å². The van der Waals surface area contributed by atoms with Gasteiger partial charge in [-0.3, -0.25) is 14.3 Å². The number of nitrogens with one attached hydrogen (secondary N) is 1. The Bertz CT molecular complexity index is 1450. The molecule has 10 nitrogen and oxygen atoms in total. The smallest absolute Gasteiger partial charge is 0.248 e. The molecule has 45 heavy (non-hydrogen) atoms. The third-order valence-corrected chi connectivity index (χ3v) is 14.5. The van der Waals surface area contributed by atoms with Crippen LogP contribution >= 0.6 is 11.3 Å². The number of amides is 2. The number of hydrogen-bond acceptors (Lipinski definition) is 8. The minimum absolute atomic E-state index is 0.0128. The molecule has 12 heteroatoms. The average Bonchev–Trinajstić information content (AvgIpc) is 3.71. The van der Waals surface area contributed by atoms with Gasteiger partial charge in [0.1, 0.15) is 18.7 Å². The highest BCUT2D eigenvalue weighted by atomic mass is 32.1. The number of nitrogens with zero attached hydrogens (tertiary/aromatic N) is 4. The molecule has 0 spiro atoms. The number of likely N-dealkylation sites (tertiary alicyclic amines) is 1. The van der Waals surface area contributed by atoms with E-state index < -0.39 is 20.4 Å². The minimum Gasteiger partial charge on any atom is -0.488 e. The standard InChI is InChI=1S/C33H49N5O5SSi/c1-21(2)29(38-19-27(17-35-38)42-15-14-39)32(41)37-18-26(43-45(8,9)33(5,6)7)16-28(37)31(40)36-22(3)24-10-12-25(13-11-24)30-23(4)34-20-44-30/h10-13,17,19-22,26,28-29,39H,14-16,18H2,1-9H3,(H,36,40)/t22-,26+,28-,29-/m0/s1. The first kappa shape index (κ1) is 34.8. The van der Waals surface area contributed by atoms with E-state index in [-0.39, 0.29) is 48.1 Å². The highest BCUT2D eigenvalue weighted by Crippen LogP contribution is 2.39. The second-order valence-electron chi connectivity index (χ2n) is 13.8. The summed E-state index contributed by atoms with van der Waals surface area (Å²) in [6.45, 7) is 19.2. The number of carbonyl (C=O) groups is 2. The van der Waals surface area contributed by atoms with Crippen molar-refractivity contribution in [1.29, 1.82) is 0 Å². The lowest BCUT2D eigenvalue weighted by molar-refractivity contribution is -0.142. The molecule has 1 aliphatic heterocycles. The lowest BCUT2D eigenvalue weighted by Crippen LogP contribution is -2.49. The van der Waals surface area contributed by atoms with Crippen molar-refractivity contribution in [1.82, 2.24) is 25.0 Å². The Balaban J connectivity index is 1.57. The quantitative estimate of drug-likeness (QED) is 0.239. The van der Waals surface area contributed by atoms with Gasteiger partial charge in [-0.05, 0) is 49.0 Å². The third-order valence-electron chi connectivity index (χ3n) is 9.00. The Morgan fingerprint density at radius 3 is 2.44 bits per heavy atom. The summed E-state index contributed by atoms with van der Waals surface area (Å²) in [5.41, 5.74) is 4.92. The molecule has 246 valence electrons. The molecule has 2 aromatic heterocycles. The van der Waals surface area contributed by atoms with Crippen molar-refractivity contribution in [3.63, 3.8) is 0 Å². The first-order chi connectivity index (χ1) is 21.1. The predicted molar refractivity (Wildman–Crippen MR) is 180 cm³/mol. The number of aliphatic hydroxyl groups excluding tert-OH is 1. The normalized spacial score (nSPS) is 18.7. The van der Waals surface area contributed by atoms with Gasteiger partial charge in [-0.25, -0.2) is 4.98 Å². The van der Waals surface area contributed by atoms with E-state index in [1.165, 1.54) is 0 Å². The fourth-order valence-electron chi connectivity index (χ4n) is 5.45. The molecule has 0 aliphatic carbocycles. The fourth-order valence-corrected chi connectivity index (χ4v) is 7.62. The molecule has 4 atom stereocenters. The molecule has 1 fully saturated rings. The number of thiazole rings is 1. The van der Waals surface area contributed by atoms with Crippen molar-refractivity contribution in [3.05, 3.63) is 53.4 Å². The number of aromatic nitrogens is 3. The molecule has 2 N–H and O–H groups in total. The van der Waals surface area contributed by atoms with Gasteiger partial charge < -0.3 is 24.5 Å². The van der Waals surface area contributed by atoms with E-state index in [9.17, 15) is 9.59 Å². The topological polar surface area (TPSA) is 119 Å². The summed E-state index contributed by atoms with van der Waals surface area (Å²) in [6, 6.07) is 6.59. The molecule has 0 bridgehead atoms. The zero-order valence-electron chi connectivity index (χ0n) is 28.0. The monoisotopic (exact) mass is 655 g/mol. The summed E-state index contributed by atoms with van der Waals surface area (Å²) < 4.78 is 13.9. The van der Waals surface area contributed by atoms with E-state index in [4.69, 9.17) is 14.3 Å². The molecule has 1 saturated heterocycles. The van der Waals surface area contributed by atoms with Crippen LogP contribution in [0.2, 0.25) is 18.1 Å². The highest BCUT2D eigenvalue weighted by Gasteiger charge is 2.47. The van der Waals surface area contributed by atoms with Gasteiger partial charge in [-0.15, -0.1) is 11.3 Å². The maximum absolute atomic E-state index is 14.3. The van der Waals surface area contributed by atoms with Gasteiger partial charge in [0.05, 0.1) is 47.2 Å². The van der Waals surface area contributed by atoms with E-state index in [1.54, 1.807) is 33.3 Å². The zero-order valence-corrected chi connectivity index (χ0v) is 29.9. The molecule has 0 radical (unpaired) electrons. The van der Waals surface area contributed by atoms with Gasteiger partial charge in [0.15, 0.2) is 14.1 Å². The molecule has 4 rings (SSSR count). The summed E-state index contributed by atoms with van der Waals surface area (Å²) in [5, 5.41) is 16.7.